The maximum atomic E-state index is 11.1. The Labute approximate surface area is 106 Å². The van der Waals surface area contributed by atoms with Gasteiger partial charge in [0.25, 0.3) is 0 Å². The largest absolute Gasteiger partial charge is 0.389 e. The first-order chi connectivity index (χ1) is 8.17. The molecule has 18 heavy (non-hydrogen) atoms. The Morgan fingerprint density at radius 1 is 1.56 bits per heavy atom. The van der Waals surface area contributed by atoms with Gasteiger partial charge in [0.2, 0.25) is 5.82 Å². The summed E-state index contributed by atoms with van der Waals surface area (Å²) in [4.78, 5) is 12.4. The summed E-state index contributed by atoms with van der Waals surface area (Å²) in [6.07, 6.45) is 0.501. The second-order valence-electron chi connectivity index (χ2n) is 5.02. The van der Waals surface area contributed by atoms with E-state index in [4.69, 9.17) is 0 Å². The van der Waals surface area contributed by atoms with Gasteiger partial charge in [-0.15, -0.1) is 0 Å². The van der Waals surface area contributed by atoms with Crippen LogP contribution in [0.15, 0.2) is 0 Å². The summed E-state index contributed by atoms with van der Waals surface area (Å²) in [5.41, 5.74) is -0.453. The van der Waals surface area contributed by atoms with E-state index in [-0.39, 0.29) is 12.2 Å². The summed E-state index contributed by atoms with van der Waals surface area (Å²) in [5, 5.41) is 25.1. The lowest BCUT2D eigenvalue weighted by molar-refractivity contribution is -0.384. The van der Waals surface area contributed by atoms with E-state index >= 15 is 0 Å². The zero-order valence-corrected chi connectivity index (χ0v) is 11.5. The monoisotopic (exact) mass is 256 g/mol. The lowest BCUT2D eigenvalue weighted by Gasteiger charge is -2.26. The fourth-order valence-electron chi connectivity index (χ4n) is 2.07. The molecule has 0 fully saturated rings. The van der Waals surface area contributed by atoms with E-state index in [2.05, 4.69) is 5.10 Å². The summed E-state index contributed by atoms with van der Waals surface area (Å²) in [6, 6.07) is 0. The molecular weight excluding hydrogens is 236 g/mol. The molecule has 0 radical (unpaired) electrons. The highest BCUT2D eigenvalue weighted by Crippen LogP contribution is 2.31. The van der Waals surface area contributed by atoms with Crippen LogP contribution in [0.1, 0.15) is 26.5 Å². The van der Waals surface area contributed by atoms with E-state index in [1.165, 1.54) is 4.68 Å². The second-order valence-corrected chi connectivity index (χ2v) is 5.02. The average Bonchev–Trinajstić information content (AvgIpc) is 2.52. The van der Waals surface area contributed by atoms with E-state index in [0.717, 1.165) is 0 Å². The molecule has 1 aromatic heterocycles. The minimum atomic E-state index is -0.931. The molecule has 1 heterocycles. The van der Waals surface area contributed by atoms with Gasteiger partial charge in [-0.25, -0.2) is 4.68 Å². The molecule has 7 nitrogen and oxygen atoms in total. The third-order valence-electron chi connectivity index (χ3n) is 2.57. The molecule has 7 heteroatoms. The fourth-order valence-corrected chi connectivity index (χ4v) is 2.07. The maximum Gasteiger partial charge on any atom is 0.334 e. The predicted octanol–water partition coefficient (Wildman–Crippen LogP) is 1.10. The molecule has 0 saturated heterocycles. The Morgan fingerprint density at radius 3 is 2.50 bits per heavy atom. The summed E-state index contributed by atoms with van der Waals surface area (Å²) in [6.45, 7) is 5.44. The number of rotatable bonds is 5. The van der Waals surface area contributed by atoms with Crippen molar-refractivity contribution < 1.29 is 10.0 Å². The normalized spacial score (nSPS) is 11.7. The SMILES string of the molecule is CCc1nn(C)c(N(C)CC(C)(C)O)c1[N+](=O)[O-]. The Morgan fingerprint density at radius 2 is 2.11 bits per heavy atom. The molecule has 0 unspecified atom stereocenters. The number of likely N-dealkylation sites (N-methyl/N-ethyl adjacent to an activating group) is 1. The first-order valence-electron chi connectivity index (χ1n) is 5.81. The van der Waals surface area contributed by atoms with Gasteiger partial charge in [-0.2, -0.15) is 5.10 Å². The zero-order valence-electron chi connectivity index (χ0n) is 11.5. The quantitative estimate of drug-likeness (QED) is 0.630. The molecule has 0 aliphatic carbocycles. The van der Waals surface area contributed by atoms with Crippen LogP contribution in [0.25, 0.3) is 0 Å². The number of aromatic nitrogens is 2. The third kappa shape index (κ3) is 2.98. The van der Waals surface area contributed by atoms with Crippen LogP contribution in [0, 0.1) is 10.1 Å². The van der Waals surface area contributed by atoms with Gasteiger partial charge in [-0.05, 0) is 20.3 Å². The van der Waals surface area contributed by atoms with E-state index < -0.39 is 10.5 Å². The van der Waals surface area contributed by atoms with Gasteiger partial charge in [-0.3, -0.25) is 10.1 Å². The topological polar surface area (TPSA) is 84.4 Å². The lowest BCUT2D eigenvalue weighted by Crippen LogP contribution is -2.37. The number of aryl methyl sites for hydroxylation is 2. The van der Waals surface area contributed by atoms with Crippen molar-refractivity contribution in [1.82, 2.24) is 9.78 Å². The average molecular weight is 256 g/mol. The first-order valence-corrected chi connectivity index (χ1v) is 5.81. The van der Waals surface area contributed by atoms with Crippen LogP contribution < -0.4 is 4.90 Å². The number of hydrogen-bond acceptors (Lipinski definition) is 5. The van der Waals surface area contributed by atoms with Gasteiger partial charge >= 0.3 is 5.69 Å². The lowest BCUT2D eigenvalue weighted by atomic mass is 10.1. The van der Waals surface area contributed by atoms with Gasteiger partial charge in [0.05, 0.1) is 10.5 Å². The highest BCUT2D eigenvalue weighted by atomic mass is 16.6. The maximum absolute atomic E-state index is 11.1. The smallest absolute Gasteiger partial charge is 0.334 e. The van der Waals surface area contributed by atoms with Crippen LogP contribution >= 0.6 is 0 Å². The zero-order chi connectivity index (χ0) is 14.1. The van der Waals surface area contributed by atoms with Gasteiger partial charge in [0.15, 0.2) is 0 Å². The molecule has 1 N–H and O–H groups in total. The van der Waals surface area contributed by atoms with Gasteiger partial charge in [0, 0.05) is 20.6 Å². The molecule has 0 saturated carbocycles. The van der Waals surface area contributed by atoms with Crippen LogP contribution in [-0.4, -0.2) is 39.0 Å². The van der Waals surface area contributed by atoms with E-state index in [0.29, 0.717) is 17.9 Å². The van der Waals surface area contributed by atoms with Crippen LogP contribution in [0.4, 0.5) is 11.5 Å². The highest BCUT2D eigenvalue weighted by Gasteiger charge is 2.30. The first kappa shape index (κ1) is 14.4. The summed E-state index contributed by atoms with van der Waals surface area (Å²) >= 11 is 0. The second kappa shape index (κ2) is 4.93. The summed E-state index contributed by atoms with van der Waals surface area (Å²) < 4.78 is 1.49. The molecule has 1 rings (SSSR count). The number of hydrogen-bond donors (Lipinski definition) is 1. The molecule has 0 spiro atoms. The van der Waals surface area contributed by atoms with Crippen LogP contribution in [-0.2, 0) is 13.5 Å². The molecule has 0 aromatic carbocycles. The van der Waals surface area contributed by atoms with E-state index in [1.54, 1.807) is 32.8 Å². The Balaban J connectivity index is 3.22. The standard InChI is InChI=1S/C11H20N4O3/c1-6-8-9(15(17)18)10(14(5)12-8)13(4)7-11(2,3)16/h16H,6-7H2,1-5H3. The van der Waals surface area contributed by atoms with Crippen molar-refractivity contribution in [3.8, 4) is 0 Å². The molecule has 0 amide bonds. The van der Waals surface area contributed by atoms with Crippen molar-refractivity contribution in [2.45, 2.75) is 32.8 Å². The molecule has 1 aromatic rings. The van der Waals surface area contributed by atoms with Crippen LogP contribution in [0.2, 0.25) is 0 Å². The summed E-state index contributed by atoms with van der Waals surface area (Å²) in [7, 11) is 3.38. The van der Waals surface area contributed by atoms with Crippen molar-refractivity contribution in [2.24, 2.45) is 7.05 Å². The minimum Gasteiger partial charge on any atom is -0.389 e. The third-order valence-corrected chi connectivity index (χ3v) is 2.57. The van der Waals surface area contributed by atoms with Gasteiger partial charge in [-0.1, -0.05) is 6.92 Å². The molecule has 0 aliphatic heterocycles. The molecule has 0 bridgehead atoms. The summed E-state index contributed by atoms with van der Waals surface area (Å²) in [5.74, 6) is 0.416. The van der Waals surface area contributed by atoms with Crippen molar-refractivity contribution in [3.05, 3.63) is 15.8 Å². The Hall–Kier alpha value is -1.63. The number of aliphatic hydroxyl groups is 1. The highest BCUT2D eigenvalue weighted by molar-refractivity contribution is 5.61. The minimum absolute atomic E-state index is 0.0201. The number of nitro groups is 1. The van der Waals surface area contributed by atoms with Crippen LogP contribution in [0.3, 0.4) is 0 Å². The number of nitrogens with zero attached hydrogens (tertiary/aromatic N) is 4. The van der Waals surface area contributed by atoms with E-state index in [1.807, 2.05) is 6.92 Å². The van der Waals surface area contributed by atoms with Crippen molar-refractivity contribution in [2.75, 3.05) is 18.5 Å². The van der Waals surface area contributed by atoms with Crippen molar-refractivity contribution in [3.63, 3.8) is 0 Å². The predicted molar refractivity (Wildman–Crippen MR) is 68.8 cm³/mol. The Bertz CT molecular complexity index is 448. The molecule has 0 atom stereocenters. The van der Waals surface area contributed by atoms with Crippen molar-refractivity contribution in [1.29, 1.82) is 0 Å². The molecule has 102 valence electrons. The van der Waals surface area contributed by atoms with E-state index in [9.17, 15) is 15.2 Å². The Kier molecular flexibility index (Phi) is 3.95. The number of anilines is 1. The molecule has 0 aliphatic rings. The molecular formula is C11H20N4O3. The van der Waals surface area contributed by atoms with Crippen LogP contribution in [0.5, 0.6) is 0 Å². The van der Waals surface area contributed by atoms with Crippen molar-refractivity contribution >= 4 is 11.5 Å². The van der Waals surface area contributed by atoms with Gasteiger partial charge < -0.3 is 10.0 Å². The van der Waals surface area contributed by atoms with Gasteiger partial charge in [0.1, 0.15) is 5.69 Å². The fraction of sp³-hybridized carbons (Fsp3) is 0.727.